The summed E-state index contributed by atoms with van der Waals surface area (Å²) in [6.45, 7) is 5.11. The molecule has 0 aliphatic carbocycles. The van der Waals surface area contributed by atoms with Gasteiger partial charge in [0, 0.05) is 0 Å². The standard InChI is InChI=1S/C9H21N3O/c1-3-5-6-7-11-8(4-2)9(10)12-13/h8,11,13H,3-7H2,1-2H3,(H2,10,12). The Morgan fingerprint density at radius 2 is 2.15 bits per heavy atom. The van der Waals surface area contributed by atoms with E-state index in [1.807, 2.05) is 6.92 Å². The first-order chi connectivity index (χ1) is 6.26. The van der Waals surface area contributed by atoms with Gasteiger partial charge in [-0.2, -0.15) is 0 Å². The minimum atomic E-state index is 0.0156. The highest BCUT2D eigenvalue weighted by molar-refractivity contribution is 5.85. The van der Waals surface area contributed by atoms with Crippen molar-refractivity contribution < 1.29 is 5.21 Å². The normalized spacial score (nSPS) is 14.5. The minimum absolute atomic E-state index is 0.0156. The summed E-state index contributed by atoms with van der Waals surface area (Å²) in [6.07, 6.45) is 4.43. The Balaban J connectivity index is 3.60. The van der Waals surface area contributed by atoms with Crippen LogP contribution in [0.1, 0.15) is 39.5 Å². The molecular formula is C9H21N3O. The summed E-state index contributed by atoms with van der Waals surface area (Å²) < 4.78 is 0. The van der Waals surface area contributed by atoms with E-state index in [2.05, 4.69) is 17.4 Å². The van der Waals surface area contributed by atoms with Crippen LogP contribution in [0.15, 0.2) is 5.16 Å². The summed E-state index contributed by atoms with van der Waals surface area (Å²) >= 11 is 0. The summed E-state index contributed by atoms with van der Waals surface area (Å²) in [5.41, 5.74) is 5.48. The number of hydrogen-bond acceptors (Lipinski definition) is 3. The van der Waals surface area contributed by atoms with Gasteiger partial charge < -0.3 is 16.3 Å². The third-order valence-electron chi connectivity index (χ3n) is 2.05. The molecule has 0 radical (unpaired) electrons. The van der Waals surface area contributed by atoms with E-state index in [4.69, 9.17) is 10.9 Å². The molecule has 0 fully saturated rings. The average Bonchev–Trinajstić information content (AvgIpc) is 2.17. The van der Waals surface area contributed by atoms with Crippen molar-refractivity contribution in [3.8, 4) is 0 Å². The van der Waals surface area contributed by atoms with E-state index in [1.54, 1.807) is 0 Å². The average molecular weight is 187 g/mol. The third kappa shape index (κ3) is 5.47. The van der Waals surface area contributed by atoms with Crippen molar-refractivity contribution in [3.05, 3.63) is 0 Å². The lowest BCUT2D eigenvalue weighted by Crippen LogP contribution is -2.41. The zero-order chi connectivity index (χ0) is 10.1. The monoisotopic (exact) mass is 187 g/mol. The van der Waals surface area contributed by atoms with Crippen LogP contribution in [0, 0.1) is 0 Å². The first kappa shape index (κ1) is 12.2. The number of unbranched alkanes of at least 4 members (excludes halogenated alkanes) is 2. The Hall–Kier alpha value is -0.770. The van der Waals surface area contributed by atoms with Crippen LogP contribution in [0.4, 0.5) is 0 Å². The molecule has 0 saturated heterocycles. The Labute approximate surface area is 80.2 Å². The molecule has 4 N–H and O–H groups in total. The van der Waals surface area contributed by atoms with Gasteiger partial charge in [-0.25, -0.2) is 0 Å². The molecule has 4 heteroatoms. The van der Waals surface area contributed by atoms with Crippen LogP contribution >= 0.6 is 0 Å². The van der Waals surface area contributed by atoms with Gasteiger partial charge in [-0.05, 0) is 19.4 Å². The van der Waals surface area contributed by atoms with E-state index >= 15 is 0 Å². The molecule has 0 bridgehead atoms. The quantitative estimate of drug-likeness (QED) is 0.185. The number of nitrogens with two attached hydrogens (primary N) is 1. The van der Waals surface area contributed by atoms with Crippen LogP contribution in [0.25, 0.3) is 0 Å². The molecule has 0 aromatic carbocycles. The van der Waals surface area contributed by atoms with Gasteiger partial charge in [-0.15, -0.1) is 0 Å². The third-order valence-corrected chi connectivity index (χ3v) is 2.05. The zero-order valence-corrected chi connectivity index (χ0v) is 8.58. The summed E-state index contributed by atoms with van der Waals surface area (Å²) in [6, 6.07) is 0.0156. The van der Waals surface area contributed by atoms with E-state index in [0.717, 1.165) is 19.4 Å². The molecule has 13 heavy (non-hydrogen) atoms. The molecule has 0 aromatic heterocycles. The van der Waals surface area contributed by atoms with Gasteiger partial charge in [0.1, 0.15) is 0 Å². The fourth-order valence-electron chi connectivity index (χ4n) is 1.18. The van der Waals surface area contributed by atoms with Crippen LogP contribution in [0.5, 0.6) is 0 Å². The summed E-state index contributed by atoms with van der Waals surface area (Å²) in [7, 11) is 0. The second-order valence-corrected chi connectivity index (χ2v) is 3.15. The summed E-state index contributed by atoms with van der Waals surface area (Å²) in [5.74, 6) is 0.277. The van der Waals surface area contributed by atoms with Gasteiger partial charge in [-0.1, -0.05) is 31.8 Å². The second kappa shape index (κ2) is 7.86. The van der Waals surface area contributed by atoms with E-state index in [1.165, 1.54) is 12.8 Å². The fraction of sp³-hybridized carbons (Fsp3) is 0.889. The maximum absolute atomic E-state index is 8.46. The van der Waals surface area contributed by atoms with Crippen LogP contribution < -0.4 is 11.1 Å². The van der Waals surface area contributed by atoms with Crippen molar-refractivity contribution in [1.29, 1.82) is 0 Å². The summed E-state index contributed by atoms with van der Waals surface area (Å²) in [5, 5.41) is 14.7. The van der Waals surface area contributed by atoms with Gasteiger partial charge in [-0.3, -0.25) is 0 Å². The molecule has 0 aliphatic rings. The smallest absolute Gasteiger partial charge is 0.156 e. The predicted molar refractivity (Wildman–Crippen MR) is 55.0 cm³/mol. The van der Waals surface area contributed by atoms with E-state index in [-0.39, 0.29) is 11.9 Å². The van der Waals surface area contributed by atoms with Gasteiger partial charge in [0.2, 0.25) is 0 Å². The molecular weight excluding hydrogens is 166 g/mol. The Kier molecular flexibility index (Phi) is 7.39. The lowest BCUT2D eigenvalue weighted by atomic mass is 10.2. The topological polar surface area (TPSA) is 70.6 Å². The van der Waals surface area contributed by atoms with Gasteiger partial charge in [0.15, 0.2) is 5.84 Å². The van der Waals surface area contributed by atoms with Gasteiger partial charge >= 0.3 is 0 Å². The molecule has 0 amide bonds. The molecule has 78 valence electrons. The van der Waals surface area contributed by atoms with Crippen LogP contribution in [0.2, 0.25) is 0 Å². The van der Waals surface area contributed by atoms with Gasteiger partial charge in [0.05, 0.1) is 6.04 Å². The Morgan fingerprint density at radius 1 is 1.46 bits per heavy atom. The second-order valence-electron chi connectivity index (χ2n) is 3.15. The molecule has 0 rings (SSSR count). The van der Waals surface area contributed by atoms with Crippen molar-refractivity contribution in [2.24, 2.45) is 10.9 Å². The van der Waals surface area contributed by atoms with Crippen molar-refractivity contribution in [2.75, 3.05) is 6.54 Å². The predicted octanol–water partition coefficient (Wildman–Crippen LogP) is 1.29. The van der Waals surface area contributed by atoms with Crippen molar-refractivity contribution >= 4 is 5.84 Å². The number of hydrogen-bond donors (Lipinski definition) is 3. The maximum atomic E-state index is 8.46. The highest BCUT2D eigenvalue weighted by atomic mass is 16.4. The number of rotatable bonds is 7. The van der Waals surface area contributed by atoms with E-state index in [0.29, 0.717) is 0 Å². The Bertz CT molecular complexity index is 148. The summed E-state index contributed by atoms with van der Waals surface area (Å²) in [4.78, 5) is 0. The first-order valence-electron chi connectivity index (χ1n) is 4.97. The lowest BCUT2D eigenvalue weighted by Gasteiger charge is -2.14. The first-order valence-corrected chi connectivity index (χ1v) is 4.97. The lowest BCUT2D eigenvalue weighted by molar-refractivity contribution is 0.314. The van der Waals surface area contributed by atoms with Crippen molar-refractivity contribution in [1.82, 2.24) is 5.32 Å². The number of amidine groups is 1. The number of oxime groups is 1. The molecule has 0 aliphatic heterocycles. The van der Waals surface area contributed by atoms with Crippen LogP contribution in [-0.2, 0) is 0 Å². The molecule has 1 atom stereocenters. The molecule has 1 unspecified atom stereocenters. The molecule has 4 nitrogen and oxygen atoms in total. The van der Waals surface area contributed by atoms with Gasteiger partial charge in [0.25, 0.3) is 0 Å². The highest BCUT2D eigenvalue weighted by Gasteiger charge is 2.09. The molecule has 0 saturated carbocycles. The molecule has 0 aromatic rings. The van der Waals surface area contributed by atoms with E-state index in [9.17, 15) is 0 Å². The van der Waals surface area contributed by atoms with Crippen molar-refractivity contribution in [3.63, 3.8) is 0 Å². The zero-order valence-electron chi connectivity index (χ0n) is 8.58. The number of nitrogens with one attached hydrogen (secondary N) is 1. The maximum Gasteiger partial charge on any atom is 0.156 e. The highest BCUT2D eigenvalue weighted by Crippen LogP contribution is 1.95. The SMILES string of the molecule is CCCCCNC(CC)C(N)=NO. The minimum Gasteiger partial charge on any atom is -0.409 e. The van der Waals surface area contributed by atoms with Crippen LogP contribution in [0.3, 0.4) is 0 Å². The number of nitrogens with zero attached hydrogens (tertiary/aromatic N) is 1. The fourth-order valence-corrected chi connectivity index (χ4v) is 1.18. The Morgan fingerprint density at radius 3 is 2.62 bits per heavy atom. The molecule has 0 spiro atoms. The van der Waals surface area contributed by atoms with Crippen molar-refractivity contribution in [2.45, 2.75) is 45.6 Å². The van der Waals surface area contributed by atoms with Crippen LogP contribution in [-0.4, -0.2) is 23.6 Å². The molecule has 0 heterocycles. The van der Waals surface area contributed by atoms with E-state index < -0.39 is 0 Å². The largest absolute Gasteiger partial charge is 0.409 e.